The Balaban J connectivity index is 1.65. The molecule has 0 atom stereocenters. The fourth-order valence-corrected chi connectivity index (χ4v) is 2.74. The number of nitro benzene ring substituents is 1. The van der Waals surface area contributed by atoms with E-state index >= 15 is 0 Å². The van der Waals surface area contributed by atoms with Crippen LogP contribution < -0.4 is 10.9 Å². The standard InChI is InChI=1S/C18H14N4O6/c1-10-4-2-3-5-12(10)16(24)20-19-15(23)9-21-17(25)13-7-6-11(22(27)28)8-14(13)18(21)26/h2-8H,9H2,1H3,(H,19,23)(H,20,24). The largest absolute Gasteiger partial charge is 0.271 e. The Labute approximate surface area is 158 Å². The van der Waals surface area contributed by atoms with Crippen molar-refractivity contribution >= 4 is 29.3 Å². The molecule has 0 aromatic heterocycles. The van der Waals surface area contributed by atoms with Gasteiger partial charge in [-0.2, -0.15) is 0 Å². The Bertz CT molecular complexity index is 1030. The van der Waals surface area contributed by atoms with Crippen LogP contribution in [0.15, 0.2) is 42.5 Å². The predicted molar refractivity (Wildman–Crippen MR) is 95.3 cm³/mol. The zero-order valence-electron chi connectivity index (χ0n) is 14.6. The zero-order valence-corrected chi connectivity index (χ0v) is 14.6. The van der Waals surface area contributed by atoms with Gasteiger partial charge in [-0.1, -0.05) is 18.2 Å². The molecule has 0 saturated heterocycles. The van der Waals surface area contributed by atoms with Gasteiger partial charge in [-0.15, -0.1) is 0 Å². The molecule has 10 heteroatoms. The maximum Gasteiger partial charge on any atom is 0.270 e. The van der Waals surface area contributed by atoms with Gasteiger partial charge in [0.15, 0.2) is 0 Å². The summed E-state index contributed by atoms with van der Waals surface area (Å²) in [5.74, 6) is -2.91. The SMILES string of the molecule is Cc1ccccc1C(=O)NNC(=O)CN1C(=O)c2ccc([N+](=O)[O-])cc2C1=O. The first kappa shape index (κ1) is 18.7. The highest BCUT2D eigenvalue weighted by molar-refractivity contribution is 6.22. The van der Waals surface area contributed by atoms with Crippen molar-refractivity contribution in [3.8, 4) is 0 Å². The Hall–Kier alpha value is -4.08. The number of aryl methyl sites for hydroxylation is 1. The highest BCUT2D eigenvalue weighted by Crippen LogP contribution is 2.26. The number of fused-ring (bicyclic) bond motifs is 1. The van der Waals surface area contributed by atoms with E-state index in [1.807, 2.05) is 0 Å². The van der Waals surface area contributed by atoms with E-state index in [9.17, 15) is 29.3 Å². The molecule has 0 unspecified atom stereocenters. The lowest BCUT2D eigenvalue weighted by molar-refractivity contribution is -0.384. The molecule has 142 valence electrons. The number of carbonyl (C=O) groups excluding carboxylic acids is 4. The molecule has 0 spiro atoms. The van der Waals surface area contributed by atoms with Gasteiger partial charge in [-0.25, -0.2) is 0 Å². The highest BCUT2D eigenvalue weighted by Gasteiger charge is 2.37. The number of hydrazine groups is 1. The Morgan fingerprint density at radius 1 is 1.04 bits per heavy atom. The van der Waals surface area contributed by atoms with Gasteiger partial charge >= 0.3 is 0 Å². The predicted octanol–water partition coefficient (Wildman–Crippen LogP) is 0.960. The van der Waals surface area contributed by atoms with Crippen molar-refractivity contribution < 1.29 is 24.1 Å². The number of nitro groups is 1. The number of carbonyl (C=O) groups is 4. The van der Waals surface area contributed by atoms with Crippen LogP contribution in [0, 0.1) is 17.0 Å². The van der Waals surface area contributed by atoms with Crippen LogP contribution in [-0.2, 0) is 4.79 Å². The molecule has 2 aromatic rings. The molecule has 2 N–H and O–H groups in total. The summed E-state index contributed by atoms with van der Waals surface area (Å²) in [6.45, 7) is 1.09. The van der Waals surface area contributed by atoms with Crippen LogP contribution in [0.3, 0.4) is 0 Å². The normalized spacial score (nSPS) is 12.5. The van der Waals surface area contributed by atoms with Gasteiger partial charge in [-0.3, -0.25) is 45.0 Å². The third-order valence-electron chi connectivity index (χ3n) is 4.17. The number of nitrogens with zero attached hydrogens (tertiary/aromatic N) is 2. The lowest BCUT2D eigenvalue weighted by Gasteiger charge is -2.14. The van der Waals surface area contributed by atoms with Gasteiger partial charge in [0.2, 0.25) is 0 Å². The minimum absolute atomic E-state index is 0.0210. The molecular weight excluding hydrogens is 368 g/mol. The number of non-ortho nitro benzene ring substituents is 1. The third-order valence-corrected chi connectivity index (χ3v) is 4.17. The average Bonchev–Trinajstić information content (AvgIpc) is 2.91. The molecule has 1 aliphatic heterocycles. The quantitative estimate of drug-likeness (QED) is 0.459. The van der Waals surface area contributed by atoms with Crippen LogP contribution >= 0.6 is 0 Å². The topological polar surface area (TPSA) is 139 Å². The average molecular weight is 382 g/mol. The van der Waals surface area contributed by atoms with Crippen LogP contribution in [0.1, 0.15) is 36.6 Å². The highest BCUT2D eigenvalue weighted by atomic mass is 16.6. The van der Waals surface area contributed by atoms with Crippen LogP contribution in [-0.4, -0.2) is 40.0 Å². The first-order valence-electron chi connectivity index (χ1n) is 8.09. The van der Waals surface area contributed by atoms with Gasteiger partial charge in [0.05, 0.1) is 16.1 Å². The van der Waals surface area contributed by atoms with Crippen molar-refractivity contribution in [3.63, 3.8) is 0 Å². The van der Waals surface area contributed by atoms with Crippen LogP contribution in [0.5, 0.6) is 0 Å². The lowest BCUT2D eigenvalue weighted by Crippen LogP contribution is -2.47. The molecule has 1 aliphatic rings. The fraction of sp³-hybridized carbons (Fsp3) is 0.111. The summed E-state index contributed by atoms with van der Waals surface area (Å²) in [4.78, 5) is 59.6. The molecule has 0 aliphatic carbocycles. The second-order valence-electron chi connectivity index (χ2n) is 6.00. The van der Waals surface area contributed by atoms with Crippen molar-refractivity contribution in [1.29, 1.82) is 0 Å². The van der Waals surface area contributed by atoms with E-state index in [4.69, 9.17) is 0 Å². The maximum atomic E-state index is 12.3. The number of nitrogens with one attached hydrogen (secondary N) is 2. The summed E-state index contributed by atoms with van der Waals surface area (Å²) in [6.07, 6.45) is 0. The Kier molecular flexibility index (Phi) is 4.86. The number of hydrogen-bond donors (Lipinski definition) is 2. The molecule has 4 amide bonds. The van der Waals surface area contributed by atoms with Crippen molar-refractivity contribution in [2.24, 2.45) is 0 Å². The van der Waals surface area contributed by atoms with E-state index < -0.39 is 35.1 Å². The minimum atomic E-state index is -0.816. The molecular formula is C18H14N4O6. The molecule has 2 aromatic carbocycles. The monoisotopic (exact) mass is 382 g/mol. The number of benzene rings is 2. The summed E-state index contributed by atoms with van der Waals surface area (Å²) in [7, 11) is 0. The maximum absolute atomic E-state index is 12.3. The molecule has 0 fully saturated rings. The number of imide groups is 1. The van der Waals surface area contributed by atoms with E-state index in [-0.39, 0.29) is 16.8 Å². The molecule has 3 rings (SSSR count). The molecule has 1 heterocycles. The summed E-state index contributed by atoms with van der Waals surface area (Å²) in [5.41, 5.74) is 4.91. The van der Waals surface area contributed by atoms with Crippen LogP contribution in [0.25, 0.3) is 0 Å². The summed E-state index contributed by atoms with van der Waals surface area (Å²) in [5, 5.41) is 10.8. The Morgan fingerprint density at radius 2 is 1.71 bits per heavy atom. The van der Waals surface area contributed by atoms with E-state index in [1.54, 1.807) is 31.2 Å². The van der Waals surface area contributed by atoms with Gasteiger partial charge in [0, 0.05) is 17.7 Å². The fourth-order valence-electron chi connectivity index (χ4n) is 2.74. The molecule has 10 nitrogen and oxygen atoms in total. The van der Waals surface area contributed by atoms with Crippen molar-refractivity contribution in [1.82, 2.24) is 15.8 Å². The molecule has 28 heavy (non-hydrogen) atoms. The van der Waals surface area contributed by atoms with Crippen LogP contribution in [0.4, 0.5) is 5.69 Å². The zero-order chi connectivity index (χ0) is 20.4. The van der Waals surface area contributed by atoms with E-state index in [0.29, 0.717) is 16.0 Å². The summed E-state index contributed by atoms with van der Waals surface area (Å²) >= 11 is 0. The van der Waals surface area contributed by atoms with Crippen molar-refractivity contribution in [3.05, 3.63) is 74.8 Å². The Morgan fingerprint density at radius 3 is 2.39 bits per heavy atom. The first-order valence-corrected chi connectivity index (χ1v) is 8.09. The smallest absolute Gasteiger partial charge is 0.270 e. The van der Waals surface area contributed by atoms with E-state index in [0.717, 1.165) is 12.1 Å². The first-order chi connectivity index (χ1) is 13.3. The van der Waals surface area contributed by atoms with Crippen molar-refractivity contribution in [2.75, 3.05) is 6.54 Å². The van der Waals surface area contributed by atoms with E-state index in [1.165, 1.54) is 6.07 Å². The van der Waals surface area contributed by atoms with Crippen molar-refractivity contribution in [2.45, 2.75) is 6.92 Å². The van der Waals surface area contributed by atoms with Gasteiger partial charge < -0.3 is 0 Å². The number of amides is 4. The third kappa shape index (κ3) is 3.43. The minimum Gasteiger partial charge on any atom is -0.271 e. The van der Waals surface area contributed by atoms with Gasteiger partial charge in [0.25, 0.3) is 29.3 Å². The summed E-state index contributed by atoms with van der Waals surface area (Å²) in [6, 6.07) is 10.0. The molecule has 0 saturated carbocycles. The van der Waals surface area contributed by atoms with Gasteiger partial charge in [-0.05, 0) is 24.6 Å². The summed E-state index contributed by atoms with van der Waals surface area (Å²) < 4.78 is 0. The lowest BCUT2D eigenvalue weighted by atomic mass is 10.1. The van der Waals surface area contributed by atoms with Gasteiger partial charge in [0.1, 0.15) is 6.54 Å². The van der Waals surface area contributed by atoms with E-state index in [2.05, 4.69) is 10.9 Å². The van der Waals surface area contributed by atoms with Crippen LogP contribution in [0.2, 0.25) is 0 Å². The number of rotatable bonds is 4. The number of hydrogen-bond acceptors (Lipinski definition) is 6. The molecule has 0 bridgehead atoms. The second-order valence-corrected chi connectivity index (χ2v) is 6.00. The second kappa shape index (κ2) is 7.27. The molecule has 0 radical (unpaired) electrons.